The normalized spacial score (nSPS) is 10.5. The zero-order valence-corrected chi connectivity index (χ0v) is 10.3. The second-order valence-electron chi connectivity index (χ2n) is 4.18. The predicted octanol–water partition coefficient (Wildman–Crippen LogP) is 1.98. The number of amides is 1. The molecule has 1 heterocycles. The number of aromatic nitrogens is 1. The number of benzene rings is 1. The van der Waals surface area contributed by atoms with Crippen molar-refractivity contribution in [1.29, 1.82) is 0 Å². The second kappa shape index (κ2) is 5.49. The van der Waals surface area contributed by atoms with E-state index in [2.05, 4.69) is 9.88 Å². The molecule has 2 aromatic rings. The van der Waals surface area contributed by atoms with Crippen LogP contribution in [-0.4, -0.2) is 23.8 Å². The number of aldehydes is 1. The van der Waals surface area contributed by atoms with E-state index >= 15 is 0 Å². The summed E-state index contributed by atoms with van der Waals surface area (Å²) in [6, 6.07) is 7.62. The van der Waals surface area contributed by atoms with Crippen LogP contribution in [-0.2, 0) is 11.3 Å². The smallest absolute Gasteiger partial charge is 0.219 e. The molecule has 1 aromatic heterocycles. The van der Waals surface area contributed by atoms with Crippen molar-refractivity contribution in [2.75, 3.05) is 7.05 Å². The van der Waals surface area contributed by atoms with Crippen molar-refractivity contribution in [3.63, 3.8) is 0 Å². The van der Waals surface area contributed by atoms with Crippen LogP contribution in [0.4, 0.5) is 0 Å². The molecule has 4 nitrogen and oxygen atoms in total. The molecule has 0 bridgehead atoms. The van der Waals surface area contributed by atoms with Crippen LogP contribution in [0, 0.1) is 0 Å². The van der Waals surface area contributed by atoms with E-state index < -0.39 is 0 Å². The number of hydrogen-bond acceptors (Lipinski definition) is 2. The van der Waals surface area contributed by atoms with Crippen LogP contribution in [0.15, 0.2) is 30.5 Å². The summed E-state index contributed by atoms with van der Waals surface area (Å²) in [4.78, 5) is 22.0. The molecule has 0 spiro atoms. The van der Waals surface area contributed by atoms with Gasteiger partial charge < -0.3 is 9.88 Å². The third-order valence-electron chi connectivity index (χ3n) is 3.06. The van der Waals surface area contributed by atoms with Gasteiger partial charge in [0.15, 0.2) is 6.29 Å². The summed E-state index contributed by atoms with van der Waals surface area (Å²) in [6.07, 6.45) is 4.14. The maximum atomic E-state index is 11.1. The van der Waals surface area contributed by atoms with E-state index in [9.17, 15) is 9.59 Å². The summed E-state index contributed by atoms with van der Waals surface area (Å²) in [7, 11) is 1.64. The Hall–Kier alpha value is -2.10. The van der Waals surface area contributed by atoms with Crippen molar-refractivity contribution >= 4 is 23.1 Å². The van der Waals surface area contributed by atoms with Crippen LogP contribution < -0.4 is 5.32 Å². The van der Waals surface area contributed by atoms with Crippen LogP contribution in [0.1, 0.15) is 23.2 Å². The van der Waals surface area contributed by atoms with Crippen molar-refractivity contribution in [2.45, 2.75) is 19.4 Å². The molecule has 0 aliphatic heterocycles. The van der Waals surface area contributed by atoms with Gasteiger partial charge in [0.25, 0.3) is 0 Å². The van der Waals surface area contributed by atoms with E-state index in [-0.39, 0.29) is 5.91 Å². The molecule has 94 valence electrons. The van der Waals surface area contributed by atoms with Crippen LogP contribution in [0.5, 0.6) is 0 Å². The van der Waals surface area contributed by atoms with Gasteiger partial charge in [-0.2, -0.15) is 0 Å². The van der Waals surface area contributed by atoms with Crippen LogP contribution >= 0.6 is 0 Å². The average Bonchev–Trinajstić information content (AvgIpc) is 2.82. The fourth-order valence-corrected chi connectivity index (χ4v) is 2.08. The molecule has 1 N–H and O–H groups in total. The van der Waals surface area contributed by atoms with Crippen LogP contribution in [0.25, 0.3) is 10.9 Å². The summed E-state index contributed by atoms with van der Waals surface area (Å²) < 4.78 is 2.07. The first-order chi connectivity index (χ1) is 8.76. The largest absolute Gasteiger partial charge is 0.359 e. The summed E-state index contributed by atoms with van der Waals surface area (Å²) in [5.74, 6) is 0.0556. The van der Waals surface area contributed by atoms with E-state index in [0.29, 0.717) is 12.0 Å². The molecule has 0 saturated carbocycles. The van der Waals surface area contributed by atoms with E-state index in [4.69, 9.17) is 0 Å². The van der Waals surface area contributed by atoms with Gasteiger partial charge in [0.1, 0.15) is 0 Å². The van der Waals surface area contributed by atoms with Crippen molar-refractivity contribution < 1.29 is 9.59 Å². The fourth-order valence-electron chi connectivity index (χ4n) is 2.08. The van der Waals surface area contributed by atoms with Crippen molar-refractivity contribution in [1.82, 2.24) is 9.88 Å². The number of aryl methyl sites for hydroxylation is 1. The molecule has 0 atom stereocenters. The standard InChI is InChI=1S/C14H16N2O2/c1-15-14(18)6-3-8-16-9-7-12-11(10-17)4-2-5-13(12)16/h2,4-5,7,9-10H,3,6,8H2,1H3,(H,15,18). The molecular formula is C14H16N2O2. The highest BCUT2D eigenvalue weighted by molar-refractivity contribution is 5.97. The zero-order chi connectivity index (χ0) is 13.0. The Bertz CT molecular complexity index is 572. The molecule has 1 amide bonds. The molecular weight excluding hydrogens is 228 g/mol. The minimum absolute atomic E-state index is 0.0556. The second-order valence-corrected chi connectivity index (χ2v) is 4.18. The Labute approximate surface area is 106 Å². The summed E-state index contributed by atoms with van der Waals surface area (Å²) in [6.45, 7) is 0.777. The average molecular weight is 244 g/mol. The van der Waals surface area contributed by atoms with Gasteiger partial charge in [-0.15, -0.1) is 0 Å². The number of fused-ring (bicyclic) bond motifs is 1. The van der Waals surface area contributed by atoms with Gasteiger partial charge in [-0.3, -0.25) is 9.59 Å². The van der Waals surface area contributed by atoms with Gasteiger partial charge in [-0.1, -0.05) is 12.1 Å². The molecule has 1 aromatic carbocycles. The Kier molecular flexibility index (Phi) is 3.77. The molecule has 0 aliphatic rings. The third kappa shape index (κ3) is 2.42. The molecule has 2 rings (SSSR count). The summed E-state index contributed by atoms with van der Waals surface area (Å²) >= 11 is 0. The molecule has 0 radical (unpaired) electrons. The first-order valence-electron chi connectivity index (χ1n) is 6.00. The Balaban J connectivity index is 2.15. The van der Waals surface area contributed by atoms with E-state index in [0.717, 1.165) is 30.2 Å². The molecule has 0 aliphatic carbocycles. The maximum absolute atomic E-state index is 11.1. The maximum Gasteiger partial charge on any atom is 0.219 e. The number of hydrogen-bond donors (Lipinski definition) is 1. The minimum atomic E-state index is 0.0556. The molecule has 0 saturated heterocycles. The lowest BCUT2D eigenvalue weighted by Crippen LogP contribution is -2.17. The van der Waals surface area contributed by atoms with Crippen molar-refractivity contribution in [3.8, 4) is 0 Å². The summed E-state index contributed by atoms with van der Waals surface area (Å²) in [5, 5.41) is 3.57. The highest BCUT2D eigenvalue weighted by Crippen LogP contribution is 2.19. The van der Waals surface area contributed by atoms with Gasteiger partial charge in [0.2, 0.25) is 5.91 Å². The van der Waals surface area contributed by atoms with Gasteiger partial charge >= 0.3 is 0 Å². The molecule has 0 unspecified atom stereocenters. The highest BCUT2D eigenvalue weighted by Gasteiger charge is 2.05. The van der Waals surface area contributed by atoms with E-state index in [1.807, 2.05) is 30.5 Å². The molecule has 18 heavy (non-hydrogen) atoms. The van der Waals surface area contributed by atoms with Crippen molar-refractivity contribution in [2.24, 2.45) is 0 Å². The number of carbonyl (C=O) groups is 2. The molecule has 4 heteroatoms. The lowest BCUT2D eigenvalue weighted by atomic mass is 10.1. The topological polar surface area (TPSA) is 51.1 Å². The lowest BCUT2D eigenvalue weighted by molar-refractivity contribution is -0.120. The minimum Gasteiger partial charge on any atom is -0.359 e. The van der Waals surface area contributed by atoms with Crippen LogP contribution in [0.2, 0.25) is 0 Å². The Morgan fingerprint density at radius 3 is 2.94 bits per heavy atom. The summed E-state index contributed by atoms with van der Waals surface area (Å²) in [5.41, 5.74) is 1.74. The van der Waals surface area contributed by atoms with Gasteiger partial charge in [0, 0.05) is 42.7 Å². The van der Waals surface area contributed by atoms with E-state index in [1.54, 1.807) is 7.05 Å². The lowest BCUT2D eigenvalue weighted by Gasteiger charge is -2.05. The first-order valence-corrected chi connectivity index (χ1v) is 6.00. The number of carbonyl (C=O) groups excluding carboxylic acids is 2. The quantitative estimate of drug-likeness (QED) is 0.818. The van der Waals surface area contributed by atoms with Gasteiger partial charge in [-0.05, 0) is 18.6 Å². The number of rotatable bonds is 5. The highest BCUT2D eigenvalue weighted by atomic mass is 16.1. The predicted molar refractivity (Wildman–Crippen MR) is 70.6 cm³/mol. The van der Waals surface area contributed by atoms with Crippen LogP contribution in [0.3, 0.4) is 0 Å². The molecule has 0 fully saturated rings. The fraction of sp³-hybridized carbons (Fsp3) is 0.286. The number of nitrogens with zero attached hydrogens (tertiary/aromatic N) is 1. The van der Waals surface area contributed by atoms with Crippen molar-refractivity contribution in [3.05, 3.63) is 36.0 Å². The number of nitrogens with one attached hydrogen (secondary N) is 1. The SMILES string of the molecule is CNC(=O)CCCn1ccc2c(C=O)cccc21. The zero-order valence-electron chi connectivity index (χ0n) is 10.3. The van der Waals surface area contributed by atoms with Gasteiger partial charge in [-0.25, -0.2) is 0 Å². The third-order valence-corrected chi connectivity index (χ3v) is 3.06. The monoisotopic (exact) mass is 244 g/mol. The Morgan fingerprint density at radius 2 is 2.22 bits per heavy atom. The first kappa shape index (κ1) is 12.4. The van der Waals surface area contributed by atoms with E-state index in [1.165, 1.54) is 0 Å². The Morgan fingerprint density at radius 1 is 1.39 bits per heavy atom. The van der Waals surface area contributed by atoms with Gasteiger partial charge in [0.05, 0.1) is 0 Å².